The maximum Gasteiger partial charge on any atom is 0.141 e. The lowest BCUT2D eigenvalue weighted by molar-refractivity contribution is 0.222. The van der Waals surface area contributed by atoms with E-state index in [9.17, 15) is 0 Å². The van der Waals surface area contributed by atoms with Crippen LogP contribution in [0.25, 0.3) is 0 Å². The molecule has 0 atom stereocenters. The molecule has 0 saturated carbocycles. The van der Waals surface area contributed by atoms with Crippen LogP contribution in [0.2, 0.25) is 5.02 Å². The Morgan fingerprint density at radius 2 is 2.08 bits per heavy atom. The third-order valence-corrected chi connectivity index (χ3v) is 4.53. The van der Waals surface area contributed by atoms with Gasteiger partial charge < -0.3 is 14.5 Å². The van der Waals surface area contributed by atoms with Crippen molar-refractivity contribution >= 4 is 23.2 Å². The molecule has 1 fully saturated rings. The van der Waals surface area contributed by atoms with Crippen LogP contribution >= 0.6 is 11.6 Å². The lowest BCUT2D eigenvalue weighted by Gasteiger charge is -2.33. The van der Waals surface area contributed by atoms with Gasteiger partial charge in [-0.3, -0.25) is 4.98 Å². The minimum absolute atomic E-state index is 0.528. The number of rotatable bonds is 5. The van der Waals surface area contributed by atoms with Gasteiger partial charge in [-0.25, -0.2) is 9.97 Å². The molecular weight excluding hydrogens is 326 g/mol. The molecule has 0 unspecified atom stereocenters. The lowest BCUT2D eigenvalue weighted by Crippen LogP contribution is -2.36. The Morgan fingerprint density at radius 3 is 2.79 bits per heavy atom. The molecule has 3 heterocycles. The maximum absolute atomic E-state index is 6.07. The number of hydrogen-bond acceptors (Lipinski definition) is 6. The van der Waals surface area contributed by atoms with Crippen LogP contribution in [0.3, 0.4) is 0 Å². The van der Waals surface area contributed by atoms with Crippen molar-refractivity contribution < 1.29 is 4.74 Å². The number of anilines is 2. The SMILES string of the molecule is CN(C)c1cc(N2CCC(COc3ccncc3Cl)CC2)ncn1. The molecule has 128 valence electrons. The first-order valence-corrected chi connectivity index (χ1v) is 8.48. The molecule has 3 rings (SSSR count). The highest BCUT2D eigenvalue weighted by atomic mass is 35.5. The largest absolute Gasteiger partial charge is 0.492 e. The fraction of sp³-hybridized carbons (Fsp3) is 0.471. The van der Waals surface area contributed by atoms with Crippen LogP contribution in [0.1, 0.15) is 12.8 Å². The summed E-state index contributed by atoms with van der Waals surface area (Å²) in [5.74, 6) is 3.16. The van der Waals surface area contributed by atoms with Gasteiger partial charge in [-0.1, -0.05) is 11.6 Å². The minimum atomic E-state index is 0.528. The van der Waals surface area contributed by atoms with Gasteiger partial charge in [-0.2, -0.15) is 0 Å². The monoisotopic (exact) mass is 347 g/mol. The molecule has 24 heavy (non-hydrogen) atoms. The van der Waals surface area contributed by atoms with Gasteiger partial charge in [0, 0.05) is 51.7 Å². The van der Waals surface area contributed by atoms with Crippen LogP contribution in [0.15, 0.2) is 30.9 Å². The molecule has 1 saturated heterocycles. The molecule has 0 aromatic carbocycles. The molecule has 7 heteroatoms. The van der Waals surface area contributed by atoms with E-state index >= 15 is 0 Å². The summed E-state index contributed by atoms with van der Waals surface area (Å²) in [6.07, 6.45) is 7.08. The molecule has 2 aromatic heterocycles. The molecule has 1 aliphatic rings. The second-order valence-corrected chi connectivity index (χ2v) is 6.58. The number of aromatic nitrogens is 3. The first-order valence-electron chi connectivity index (χ1n) is 8.10. The van der Waals surface area contributed by atoms with Gasteiger partial charge in [0.1, 0.15) is 28.7 Å². The number of nitrogens with zero attached hydrogens (tertiary/aromatic N) is 5. The van der Waals surface area contributed by atoms with Gasteiger partial charge in [0.2, 0.25) is 0 Å². The molecule has 0 aliphatic carbocycles. The predicted octanol–water partition coefficient (Wildman–Crippen LogP) is 2.89. The first-order chi connectivity index (χ1) is 11.6. The van der Waals surface area contributed by atoms with Gasteiger partial charge in [-0.15, -0.1) is 0 Å². The predicted molar refractivity (Wildman–Crippen MR) is 96.0 cm³/mol. The van der Waals surface area contributed by atoms with E-state index in [-0.39, 0.29) is 0 Å². The smallest absolute Gasteiger partial charge is 0.141 e. The van der Waals surface area contributed by atoms with E-state index in [0.717, 1.165) is 37.6 Å². The Hall–Kier alpha value is -2.08. The average molecular weight is 348 g/mol. The van der Waals surface area contributed by atoms with Crippen molar-refractivity contribution in [3.05, 3.63) is 35.9 Å². The fourth-order valence-electron chi connectivity index (χ4n) is 2.77. The van der Waals surface area contributed by atoms with Crippen molar-refractivity contribution in [3.63, 3.8) is 0 Å². The van der Waals surface area contributed by atoms with Crippen LogP contribution in [-0.4, -0.2) is 48.7 Å². The van der Waals surface area contributed by atoms with Crippen LogP contribution in [0, 0.1) is 5.92 Å². The van der Waals surface area contributed by atoms with E-state index in [2.05, 4.69) is 19.9 Å². The average Bonchev–Trinajstić information content (AvgIpc) is 2.61. The summed E-state index contributed by atoms with van der Waals surface area (Å²) >= 11 is 6.07. The Labute approximate surface area is 147 Å². The topological polar surface area (TPSA) is 54.4 Å². The molecule has 6 nitrogen and oxygen atoms in total. The highest BCUT2D eigenvalue weighted by molar-refractivity contribution is 6.31. The summed E-state index contributed by atoms with van der Waals surface area (Å²) in [5.41, 5.74) is 0. The van der Waals surface area contributed by atoms with Crippen molar-refractivity contribution in [3.8, 4) is 5.75 Å². The molecule has 0 radical (unpaired) electrons. The molecule has 0 N–H and O–H groups in total. The van der Waals surface area contributed by atoms with Crippen molar-refractivity contribution in [1.29, 1.82) is 0 Å². The van der Waals surface area contributed by atoms with Crippen LogP contribution in [0.5, 0.6) is 5.75 Å². The molecule has 0 spiro atoms. The summed E-state index contributed by atoms with van der Waals surface area (Å²) in [5, 5.41) is 0.562. The summed E-state index contributed by atoms with van der Waals surface area (Å²) < 4.78 is 5.85. The molecule has 1 aliphatic heterocycles. The van der Waals surface area contributed by atoms with Crippen LogP contribution in [-0.2, 0) is 0 Å². The maximum atomic E-state index is 6.07. The molecule has 2 aromatic rings. The zero-order valence-electron chi connectivity index (χ0n) is 14.0. The van der Waals surface area contributed by atoms with E-state index in [4.69, 9.17) is 16.3 Å². The Bertz CT molecular complexity index is 674. The van der Waals surface area contributed by atoms with Gasteiger partial charge in [0.05, 0.1) is 6.61 Å². The number of piperidine rings is 1. The molecule has 0 bridgehead atoms. The third kappa shape index (κ3) is 4.06. The van der Waals surface area contributed by atoms with Crippen molar-refractivity contribution in [2.75, 3.05) is 43.6 Å². The van der Waals surface area contributed by atoms with Gasteiger partial charge >= 0.3 is 0 Å². The highest BCUT2D eigenvalue weighted by Gasteiger charge is 2.21. The van der Waals surface area contributed by atoms with Crippen molar-refractivity contribution in [2.45, 2.75) is 12.8 Å². The molecule has 0 amide bonds. The van der Waals surface area contributed by atoms with Gasteiger partial charge in [-0.05, 0) is 18.8 Å². The standard InChI is InChI=1S/C17H22ClN5O/c1-22(2)16-9-17(21-12-20-16)23-7-4-13(5-8-23)11-24-15-3-6-19-10-14(15)18/h3,6,9-10,12-13H,4-5,7-8,11H2,1-2H3. The van der Waals surface area contributed by atoms with Gasteiger partial charge in [0.25, 0.3) is 0 Å². The van der Waals surface area contributed by atoms with E-state index < -0.39 is 0 Å². The fourth-order valence-corrected chi connectivity index (χ4v) is 2.94. The Morgan fingerprint density at radius 1 is 1.29 bits per heavy atom. The van der Waals surface area contributed by atoms with Crippen molar-refractivity contribution in [2.24, 2.45) is 5.92 Å². The number of ether oxygens (including phenoxy) is 1. The normalized spacial score (nSPS) is 15.4. The van der Waals surface area contributed by atoms with Gasteiger partial charge in [0.15, 0.2) is 0 Å². The van der Waals surface area contributed by atoms with E-state index in [1.165, 1.54) is 0 Å². The summed E-state index contributed by atoms with van der Waals surface area (Å²) in [7, 11) is 3.97. The molecular formula is C17H22ClN5O. The third-order valence-electron chi connectivity index (χ3n) is 4.24. The summed E-state index contributed by atoms with van der Waals surface area (Å²) in [4.78, 5) is 16.9. The number of hydrogen-bond donors (Lipinski definition) is 0. The number of pyridine rings is 1. The minimum Gasteiger partial charge on any atom is -0.492 e. The lowest BCUT2D eigenvalue weighted by atomic mass is 9.98. The second-order valence-electron chi connectivity index (χ2n) is 6.18. The quantitative estimate of drug-likeness (QED) is 0.829. The van der Waals surface area contributed by atoms with E-state index in [1.54, 1.807) is 24.8 Å². The zero-order chi connectivity index (χ0) is 16.9. The Balaban J connectivity index is 1.52. The van der Waals surface area contributed by atoms with Crippen LogP contribution in [0.4, 0.5) is 11.6 Å². The first kappa shape index (κ1) is 16.8. The van der Waals surface area contributed by atoms with E-state index in [1.807, 2.05) is 25.1 Å². The highest BCUT2D eigenvalue weighted by Crippen LogP contribution is 2.26. The number of halogens is 1. The summed E-state index contributed by atoms with van der Waals surface area (Å²) in [6.45, 7) is 2.63. The van der Waals surface area contributed by atoms with E-state index in [0.29, 0.717) is 23.3 Å². The Kier molecular flexibility index (Phi) is 5.35. The summed E-state index contributed by atoms with van der Waals surface area (Å²) in [6, 6.07) is 3.84. The van der Waals surface area contributed by atoms with Crippen molar-refractivity contribution in [1.82, 2.24) is 15.0 Å². The van der Waals surface area contributed by atoms with Crippen LogP contribution < -0.4 is 14.5 Å². The second kappa shape index (κ2) is 7.66. The zero-order valence-corrected chi connectivity index (χ0v) is 14.8.